The number of carboxylic acids is 1. The van der Waals surface area contributed by atoms with Crippen LogP contribution in [-0.2, 0) is 10.2 Å². The monoisotopic (exact) mass is 171 g/mol. The zero-order chi connectivity index (χ0) is 9.19. The Balaban J connectivity index is 0.00000144. The molecule has 1 heterocycles. The Morgan fingerprint density at radius 1 is 1.38 bits per heavy atom. The molecule has 0 saturated carbocycles. The Morgan fingerprint density at radius 3 is 2.23 bits per heavy atom. The number of rotatable bonds is 2. The second-order valence-corrected chi connectivity index (χ2v) is 3.15. The zero-order valence-electron chi connectivity index (χ0n) is 8.07. The molecule has 1 aromatic rings. The molecule has 0 aliphatic carbocycles. The molecule has 0 N–H and O–H groups in total. The Morgan fingerprint density at radius 2 is 1.85 bits per heavy atom. The van der Waals surface area contributed by atoms with Crippen LogP contribution in [0.4, 0.5) is 0 Å². The molecule has 0 bridgehead atoms. The third-order valence-corrected chi connectivity index (χ3v) is 1.91. The second kappa shape index (κ2) is 4.45. The number of carbonyl (C=O) groups is 1. The van der Waals surface area contributed by atoms with Gasteiger partial charge in [-0.1, -0.05) is 13.8 Å². The summed E-state index contributed by atoms with van der Waals surface area (Å²) in [5.74, 6) is -1.08. The molecule has 0 aliphatic heterocycles. The number of carboxylic acid groups (broad SMARTS) is 1. The summed E-state index contributed by atoms with van der Waals surface area (Å²) in [6.07, 6.45) is 3.14. The van der Waals surface area contributed by atoms with Crippen LogP contribution in [0.5, 0.6) is 0 Å². The quantitative estimate of drug-likeness (QED) is 0.449. The van der Waals surface area contributed by atoms with Crippen LogP contribution < -0.4 is 24.0 Å². The Hall–Kier alpha value is -0.783. The first-order chi connectivity index (χ1) is 5.55. The Bertz CT molecular complexity index is 285. The molecule has 3 nitrogen and oxygen atoms in total. The van der Waals surface area contributed by atoms with Crippen LogP contribution in [-0.4, -0.2) is 11.0 Å². The number of aromatic nitrogens is 1. The van der Waals surface area contributed by atoms with E-state index in [1.54, 1.807) is 38.4 Å². The van der Waals surface area contributed by atoms with E-state index in [1.165, 1.54) is 0 Å². The fourth-order valence-electron chi connectivity index (χ4n) is 0.886. The molecule has 4 heteroatoms. The molecular formula is C9H10LiNO2. The molecule has 0 aliphatic rings. The standard InChI is InChI=1S/C9H11NO2.Li/c1-9(2,8(11)12)7-3-5-10-6-4-7;/h3-6H,1-2H3,(H,11,12);/q;+1/p-1. The normalized spacial score (nSPS) is 10.3. The minimum Gasteiger partial charge on any atom is -0.549 e. The summed E-state index contributed by atoms with van der Waals surface area (Å²) in [7, 11) is 0. The fraction of sp³-hybridized carbons (Fsp3) is 0.333. The first-order valence-electron chi connectivity index (χ1n) is 3.67. The number of hydrogen-bond acceptors (Lipinski definition) is 3. The van der Waals surface area contributed by atoms with E-state index >= 15 is 0 Å². The van der Waals surface area contributed by atoms with E-state index in [2.05, 4.69) is 4.98 Å². The number of nitrogens with zero attached hydrogens (tertiary/aromatic N) is 1. The minimum absolute atomic E-state index is 0. The summed E-state index contributed by atoms with van der Waals surface area (Å²) in [6, 6.07) is 3.35. The van der Waals surface area contributed by atoms with Crippen molar-refractivity contribution >= 4 is 5.97 Å². The SMILES string of the molecule is CC(C)(C(=O)[O-])c1ccncc1.[Li+]. The summed E-state index contributed by atoms with van der Waals surface area (Å²) in [6.45, 7) is 3.22. The van der Waals surface area contributed by atoms with E-state index in [-0.39, 0.29) is 18.9 Å². The number of hydrogen-bond donors (Lipinski definition) is 0. The van der Waals surface area contributed by atoms with Gasteiger partial charge in [0, 0.05) is 17.8 Å². The molecule has 0 saturated heterocycles. The van der Waals surface area contributed by atoms with Gasteiger partial charge in [0.2, 0.25) is 0 Å². The van der Waals surface area contributed by atoms with Gasteiger partial charge in [-0.15, -0.1) is 0 Å². The summed E-state index contributed by atoms with van der Waals surface area (Å²) in [5.41, 5.74) is -0.236. The van der Waals surface area contributed by atoms with Gasteiger partial charge >= 0.3 is 18.9 Å². The number of carbonyl (C=O) groups excluding carboxylic acids is 1. The van der Waals surface area contributed by atoms with Crippen molar-refractivity contribution in [1.29, 1.82) is 0 Å². The van der Waals surface area contributed by atoms with Gasteiger partial charge < -0.3 is 9.90 Å². The molecule has 1 aromatic heterocycles. The van der Waals surface area contributed by atoms with Gasteiger partial charge in [0.1, 0.15) is 0 Å². The first-order valence-corrected chi connectivity index (χ1v) is 3.67. The van der Waals surface area contributed by atoms with Crippen molar-refractivity contribution in [3.8, 4) is 0 Å². The van der Waals surface area contributed by atoms with Crippen molar-refractivity contribution in [1.82, 2.24) is 4.98 Å². The van der Waals surface area contributed by atoms with E-state index in [0.29, 0.717) is 5.56 Å². The summed E-state index contributed by atoms with van der Waals surface area (Å²) >= 11 is 0. The van der Waals surface area contributed by atoms with Crippen molar-refractivity contribution in [2.45, 2.75) is 19.3 Å². The van der Waals surface area contributed by atoms with E-state index in [9.17, 15) is 9.90 Å². The summed E-state index contributed by atoms with van der Waals surface area (Å²) < 4.78 is 0. The van der Waals surface area contributed by atoms with Crippen molar-refractivity contribution in [2.75, 3.05) is 0 Å². The van der Waals surface area contributed by atoms with Gasteiger partial charge in [-0.25, -0.2) is 0 Å². The average molecular weight is 171 g/mol. The molecule has 0 fully saturated rings. The fourth-order valence-corrected chi connectivity index (χ4v) is 0.886. The van der Waals surface area contributed by atoms with Crippen LogP contribution in [0.25, 0.3) is 0 Å². The molecule has 0 unspecified atom stereocenters. The van der Waals surface area contributed by atoms with Gasteiger partial charge in [0.05, 0.1) is 5.97 Å². The van der Waals surface area contributed by atoms with Gasteiger partial charge in [-0.2, -0.15) is 0 Å². The third kappa shape index (κ3) is 2.58. The average Bonchev–Trinajstić information content (AvgIpc) is 2.06. The van der Waals surface area contributed by atoms with Crippen molar-refractivity contribution in [3.63, 3.8) is 0 Å². The smallest absolute Gasteiger partial charge is 0.549 e. The maximum Gasteiger partial charge on any atom is 1.00 e. The van der Waals surface area contributed by atoms with Gasteiger partial charge in [-0.05, 0) is 17.7 Å². The van der Waals surface area contributed by atoms with Gasteiger partial charge in [0.25, 0.3) is 0 Å². The Kier molecular flexibility index (Phi) is 4.18. The molecular weight excluding hydrogens is 161 g/mol. The molecule has 64 valence electrons. The first kappa shape index (κ1) is 12.2. The van der Waals surface area contributed by atoms with E-state index < -0.39 is 11.4 Å². The zero-order valence-corrected chi connectivity index (χ0v) is 8.07. The predicted octanol–water partition coefficient (Wildman–Crippen LogP) is -2.89. The number of aliphatic carboxylic acids is 1. The van der Waals surface area contributed by atoms with Crippen molar-refractivity contribution in [2.24, 2.45) is 0 Å². The van der Waals surface area contributed by atoms with Gasteiger partial charge in [0.15, 0.2) is 0 Å². The van der Waals surface area contributed by atoms with E-state index in [4.69, 9.17) is 0 Å². The number of pyridine rings is 1. The van der Waals surface area contributed by atoms with Gasteiger partial charge in [-0.3, -0.25) is 4.98 Å². The molecule has 0 atom stereocenters. The minimum atomic E-state index is -1.08. The van der Waals surface area contributed by atoms with Crippen LogP contribution >= 0.6 is 0 Å². The van der Waals surface area contributed by atoms with Crippen molar-refractivity contribution in [3.05, 3.63) is 30.1 Å². The molecule has 0 amide bonds. The van der Waals surface area contributed by atoms with Crippen molar-refractivity contribution < 1.29 is 28.8 Å². The molecule has 0 spiro atoms. The largest absolute Gasteiger partial charge is 1.00 e. The van der Waals surface area contributed by atoms with Crippen LogP contribution in [0.3, 0.4) is 0 Å². The van der Waals surface area contributed by atoms with E-state index in [0.717, 1.165) is 0 Å². The molecule has 1 rings (SSSR count). The third-order valence-electron chi connectivity index (χ3n) is 1.91. The van der Waals surface area contributed by atoms with Crippen LogP contribution in [0, 0.1) is 0 Å². The predicted molar refractivity (Wildman–Crippen MR) is 42.3 cm³/mol. The topological polar surface area (TPSA) is 53.0 Å². The Labute approximate surface area is 89.4 Å². The second-order valence-electron chi connectivity index (χ2n) is 3.15. The van der Waals surface area contributed by atoms with Crippen LogP contribution in [0.15, 0.2) is 24.5 Å². The summed E-state index contributed by atoms with van der Waals surface area (Å²) in [4.78, 5) is 14.5. The maximum absolute atomic E-state index is 10.7. The summed E-state index contributed by atoms with van der Waals surface area (Å²) in [5, 5.41) is 10.7. The van der Waals surface area contributed by atoms with Crippen LogP contribution in [0.2, 0.25) is 0 Å². The molecule has 13 heavy (non-hydrogen) atoms. The molecule has 0 radical (unpaired) electrons. The molecule has 0 aromatic carbocycles. The van der Waals surface area contributed by atoms with E-state index in [1.807, 2.05) is 0 Å². The van der Waals surface area contributed by atoms with Crippen LogP contribution in [0.1, 0.15) is 19.4 Å². The maximum atomic E-state index is 10.7.